The van der Waals surface area contributed by atoms with E-state index >= 15 is 4.39 Å². The van der Waals surface area contributed by atoms with Crippen LogP contribution < -0.4 is 25.2 Å². The fourth-order valence-electron chi connectivity index (χ4n) is 7.50. The van der Waals surface area contributed by atoms with Gasteiger partial charge in [0.25, 0.3) is 17.7 Å². The number of thiazole rings is 1. The standard InChI is InChI=1S/C39H44F3N7O7S/c40-27-7-6-24(29-23-57-39(44-29)48-16-18-55-19-17-48)35(34(27)42)56-22-33(51)43-10-4-2-1-3-5-11-46-12-14-47(15-13-46)31-21-26-25(20-28(31)41)37(53)49(38(26)54)30-8-9-32(50)45-36(30)52/h6-7,20-21,23,30H,1-5,8-19,22H2,(H,43,51)(H,45,50,52). The number of carbonyl (C=O) groups is 5. The summed E-state index contributed by atoms with van der Waals surface area (Å²) in [5, 5.41) is 7.44. The van der Waals surface area contributed by atoms with E-state index in [2.05, 4.69) is 25.4 Å². The van der Waals surface area contributed by atoms with Crippen molar-refractivity contribution < 1.29 is 46.6 Å². The van der Waals surface area contributed by atoms with Crippen LogP contribution in [0.2, 0.25) is 0 Å². The molecule has 4 aliphatic rings. The van der Waals surface area contributed by atoms with Crippen molar-refractivity contribution in [2.24, 2.45) is 0 Å². The van der Waals surface area contributed by atoms with E-state index in [1.54, 1.807) is 5.38 Å². The number of piperazine rings is 1. The third-order valence-corrected chi connectivity index (χ3v) is 11.5. The molecule has 2 aromatic carbocycles. The van der Waals surface area contributed by atoms with Crippen molar-refractivity contribution in [1.29, 1.82) is 0 Å². The van der Waals surface area contributed by atoms with Crippen molar-refractivity contribution >= 4 is 51.7 Å². The van der Waals surface area contributed by atoms with Crippen LogP contribution in [0, 0.1) is 17.5 Å². The first-order chi connectivity index (χ1) is 27.6. The van der Waals surface area contributed by atoms with Gasteiger partial charge in [-0.05, 0) is 50.1 Å². The zero-order valence-electron chi connectivity index (χ0n) is 31.3. The van der Waals surface area contributed by atoms with Gasteiger partial charge in [0, 0.05) is 63.2 Å². The number of halogens is 3. The van der Waals surface area contributed by atoms with Crippen molar-refractivity contribution in [3.05, 3.63) is 58.2 Å². The van der Waals surface area contributed by atoms with Crippen molar-refractivity contribution in [3.63, 3.8) is 0 Å². The minimum absolute atomic E-state index is 0.00408. The molecule has 18 heteroatoms. The lowest BCUT2D eigenvalue weighted by Gasteiger charge is -2.36. The Labute approximate surface area is 331 Å². The number of anilines is 2. The minimum atomic E-state index is -1.17. The van der Waals surface area contributed by atoms with Crippen molar-refractivity contribution in [2.75, 3.05) is 82.0 Å². The van der Waals surface area contributed by atoms with Gasteiger partial charge in [0.1, 0.15) is 11.9 Å². The Hall–Kier alpha value is -5.07. The Kier molecular flexibility index (Phi) is 12.7. The van der Waals surface area contributed by atoms with Crippen LogP contribution >= 0.6 is 11.3 Å². The van der Waals surface area contributed by atoms with Crippen molar-refractivity contribution in [1.82, 2.24) is 25.4 Å². The average molecular weight is 812 g/mol. The highest BCUT2D eigenvalue weighted by Gasteiger charge is 2.45. The molecule has 57 heavy (non-hydrogen) atoms. The molecule has 3 saturated heterocycles. The van der Waals surface area contributed by atoms with E-state index in [4.69, 9.17) is 9.47 Å². The maximum absolute atomic E-state index is 15.3. The van der Waals surface area contributed by atoms with E-state index in [0.29, 0.717) is 64.7 Å². The number of nitrogens with zero attached hydrogens (tertiary/aromatic N) is 5. The Balaban J connectivity index is 0.786. The molecule has 0 aliphatic carbocycles. The molecule has 0 radical (unpaired) electrons. The van der Waals surface area contributed by atoms with Gasteiger partial charge in [-0.3, -0.25) is 39.1 Å². The monoisotopic (exact) mass is 811 g/mol. The Morgan fingerprint density at radius 3 is 2.35 bits per heavy atom. The quantitative estimate of drug-likeness (QED) is 0.171. The Morgan fingerprint density at radius 1 is 0.877 bits per heavy atom. The molecule has 1 atom stereocenters. The van der Waals surface area contributed by atoms with Crippen LogP contribution in [0.5, 0.6) is 5.75 Å². The molecule has 14 nitrogen and oxygen atoms in total. The second-order valence-corrected chi connectivity index (χ2v) is 15.2. The Morgan fingerprint density at radius 2 is 1.60 bits per heavy atom. The number of carbonyl (C=O) groups excluding carboxylic acids is 5. The van der Waals surface area contributed by atoms with Crippen LogP contribution in [0.3, 0.4) is 0 Å². The zero-order valence-corrected chi connectivity index (χ0v) is 32.1. The first-order valence-electron chi connectivity index (χ1n) is 19.3. The largest absolute Gasteiger partial charge is 0.480 e. The van der Waals surface area contributed by atoms with Gasteiger partial charge in [-0.2, -0.15) is 4.39 Å². The van der Waals surface area contributed by atoms with E-state index in [-0.39, 0.29) is 41.0 Å². The molecule has 0 bridgehead atoms. The van der Waals surface area contributed by atoms with E-state index in [9.17, 15) is 32.8 Å². The molecule has 5 amide bonds. The molecule has 304 valence electrons. The number of imide groups is 2. The summed E-state index contributed by atoms with van der Waals surface area (Å²) in [7, 11) is 0. The topological polar surface area (TPSA) is 154 Å². The number of nitrogens with one attached hydrogen (secondary N) is 2. The van der Waals surface area contributed by atoms with Crippen molar-refractivity contribution in [2.45, 2.75) is 51.0 Å². The van der Waals surface area contributed by atoms with Gasteiger partial charge in [0.05, 0.1) is 35.7 Å². The first-order valence-corrected chi connectivity index (χ1v) is 20.2. The lowest BCUT2D eigenvalue weighted by Crippen LogP contribution is -2.54. The van der Waals surface area contributed by atoms with Gasteiger partial charge in [-0.1, -0.05) is 19.3 Å². The number of unbranched alkanes of at least 4 members (excludes halogenated alkanes) is 4. The van der Waals surface area contributed by atoms with E-state index < -0.39 is 59.6 Å². The van der Waals surface area contributed by atoms with Crippen LogP contribution in [0.15, 0.2) is 29.6 Å². The molecule has 7 rings (SSSR count). The van der Waals surface area contributed by atoms with Crippen LogP contribution in [0.1, 0.15) is 65.7 Å². The van der Waals surface area contributed by atoms with Crippen LogP contribution in [-0.2, 0) is 19.1 Å². The molecule has 1 unspecified atom stereocenters. The summed E-state index contributed by atoms with van der Waals surface area (Å²) >= 11 is 1.39. The normalized spacial score (nSPS) is 18.9. The highest BCUT2D eigenvalue weighted by atomic mass is 32.1. The zero-order chi connectivity index (χ0) is 40.1. The van der Waals surface area contributed by atoms with Crippen LogP contribution in [0.25, 0.3) is 11.3 Å². The third kappa shape index (κ3) is 9.07. The maximum Gasteiger partial charge on any atom is 0.262 e. The fraction of sp³-hybridized carbons (Fsp3) is 0.487. The van der Waals surface area contributed by atoms with Crippen molar-refractivity contribution in [3.8, 4) is 17.0 Å². The molecule has 0 saturated carbocycles. The first kappa shape index (κ1) is 40.1. The van der Waals surface area contributed by atoms with Gasteiger partial charge in [-0.25, -0.2) is 13.8 Å². The number of fused-ring (bicyclic) bond motifs is 1. The molecule has 1 aromatic heterocycles. The third-order valence-electron chi connectivity index (χ3n) is 10.6. The van der Waals surface area contributed by atoms with Gasteiger partial charge >= 0.3 is 0 Å². The van der Waals surface area contributed by atoms with Gasteiger partial charge in [-0.15, -0.1) is 11.3 Å². The highest BCUT2D eigenvalue weighted by molar-refractivity contribution is 7.14. The smallest absolute Gasteiger partial charge is 0.262 e. The summed E-state index contributed by atoms with van der Waals surface area (Å²) in [5.41, 5.74) is 0.904. The number of morpholine rings is 1. The molecule has 3 fully saturated rings. The second kappa shape index (κ2) is 18.0. The average Bonchev–Trinajstić information content (AvgIpc) is 3.79. The number of rotatable bonds is 15. The van der Waals surface area contributed by atoms with Gasteiger partial charge in [0.2, 0.25) is 17.6 Å². The molecule has 0 spiro atoms. The summed E-state index contributed by atoms with van der Waals surface area (Å²) in [6, 6.07) is 3.77. The SMILES string of the molecule is O=C(COc1c(-c2csc(N3CCOCC3)n2)ccc(F)c1F)NCCCCCCCN1CCN(c2cc3c(cc2F)C(=O)N(C2CCC(=O)NC2=O)C3=O)CC1. The lowest BCUT2D eigenvalue weighted by atomic mass is 10.0. The van der Waals surface area contributed by atoms with E-state index in [0.717, 1.165) is 60.8 Å². The summed E-state index contributed by atoms with van der Waals surface area (Å²) in [6.45, 7) is 5.83. The van der Waals surface area contributed by atoms with E-state index in [1.807, 2.05) is 4.90 Å². The second-order valence-electron chi connectivity index (χ2n) is 14.4. The molecule has 4 aliphatic heterocycles. The van der Waals surface area contributed by atoms with Crippen LogP contribution in [0.4, 0.5) is 24.0 Å². The van der Waals surface area contributed by atoms with Gasteiger partial charge in [0.15, 0.2) is 23.3 Å². The maximum atomic E-state index is 15.3. The van der Waals surface area contributed by atoms with E-state index in [1.165, 1.54) is 23.5 Å². The molecular weight excluding hydrogens is 768 g/mol. The predicted molar refractivity (Wildman–Crippen MR) is 204 cm³/mol. The summed E-state index contributed by atoms with van der Waals surface area (Å²) in [4.78, 5) is 74.3. The summed E-state index contributed by atoms with van der Waals surface area (Å²) in [6.07, 6.45) is 4.60. The number of hydrogen-bond acceptors (Lipinski definition) is 12. The predicted octanol–water partition coefficient (Wildman–Crippen LogP) is 3.73. The number of amides is 5. The molecular formula is C39H44F3N7O7S. The highest BCUT2D eigenvalue weighted by Crippen LogP contribution is 2.37. The summed E-state index contributed by atoms with van der Waals surface area (Å²) in [5.74, 6) is -6.24. The number of hydrogen-bond donors (Lipinski definition) is 2. The number of piperidine rings is 1. The van der Waals surface area contributed by atoms with Crippen LogP contribution in [-0.4, -0.2) is 123 Å². The number of benzene rings is 2. The minimum Gasteiger partial charge on any atom is -0.480 e. The molecule has 2 N–H and O–H groups in total. The fourth-order valence-corrected chi connectivity index (χ4v) is 8.38. The summed E-state index contributed by atoms with van der Waals surface area (Å²) < 4.78 is 55.2. The Bertz CT molecular complexity index is 2020. The molecule has 5 heterocycles. The molecule has 3 aromatic rings. The number of ether oxygens (including phenoxy) is 2. The lowest BCUT2D eigenvalue weighted by molar-refractivity contribution is -0.136. The van der Waals surface area contributed by atoms with Gasteiger partial charge < -0.3 is 24.6 Å². The number of aromatic nitrogens is 1.